The van der Waals surface area contributed by atoms with E-state index in [9.17, 15) is 9.59 Å². The van der Waals surface area contributed by atoms with Gasteiger partial charge in [-0.05, 0) is 38.3 Å². The zero-order valence-electron chi connectivity index (χ0n) is 13.2. The molecule has 22 heavy (non-hydrogen) atoms. The SMILES string of the molecule is CN1[C@H]2CC[C@@H]1CN(C(=O)C(=O)CCc1ccccc1)CC2. The Labute approximate surface area is 132 Å². The zero-order valence-corrected chi connectivity index (χ0v) is 13.2. The van der Waals surface area contributed by atoms with E-state index in [1.807, 2.05) is 30.3 Å². The summed E-state index contributed by atoms with van der Waals surface area (Å²) < 4.78 is 0. The second-order valence-corrected chi connectivity index (χ2v) is 6.50. The molecule has 4 heteroatoms. The first-order valence-electron chi connectivity index (χ1n) is 8.23. The molecule has 2 aliphatic heterocycles. The molecule has 1 aromatic carbocycles. The number of ketones is 1. The fourth-order valence-electron chi connectivity index (χ4n) is 3.68. The van der Waals surface area contributed by atoms with Crippen LogP contribution in [0.3, 0.4) is 0 Å². The molecule has 2 saturated heterocycles. The Hall–Kier alpha value is -1.68. The van der Waals surface area contributed by atoms with Gasteiger partial charge in [0.05, 0.1) is 0 Å². The van der Waals surface area contributed by atoms with E-state index in [2.05, 4.69) is 11.9 Å². The monoisotopic (exact) mass is 300 g/mol. The van der Waals surface area contributed by atoms with E-state index in [-0.39, 0.29) is 11.7 Å². The molecule has 1 aromatic rings. The second kappa shape index (κ2) is 6.61. The van der Waals surface area contributed by atoms with Gasteiger partial charge in [0, 0.05) is 31.6 Å². The molecular weight excluding hydrogens is 276 g/mol. The second-order valence-electron chi connectivity index (χ2n) is 6.50. The van der Waals surface area contributed by atoms with E-state index in [4.69, 9.17) is 0 Å². The van der Waals surface area contributed by atoms with Gasteiger partial charge in [-0.1, -0.05) is 30.3 Å². The van der Waals surface area contributed by atoms with Crippen LogP contribution in [0.1, 0.15) is 31.2 Å². The van der Waals surface area contributed by atoms with Crippen molar-refractivity contribution >= 4 is 11.7 Å². The lowest BCUT2D eigenvalue weighted by atomic mass is 10.1. The first-order valence-corrected chi connectivity index (χ1v) is 8.23. The first-order chi connectivity index (χ1) is 10.6. The van der Waals surface area contributed by atoms with Crippen molar-refractivity contribution in [3.8, 4) is 0 Å². The van der Waals surface area contributed by atoms with E-state index >= 15 is 0 Å². The van der Waals surface area contributed by atoms with Crippen LogP contribution in [0.2, 0.25) is 0 Å². The minimum absolute atomic E-state index is 0.246. The zero-order chi connectivity index (χ0) is 15.5. The molecule has 0 saturated carbocycles. The summed E-state index contributed by atoms with van der Waals surface area (Å²) in [6, 6.07) is 10.9. The van der Waals surface area contributed by atoms with E-state index < -0.39 is 0 Å². The van der Waals surface area contributed by atoms with Gasteiger partial charge in [0.25, 0.3) is 5.91 Å². The van der Waals surface area contributed by atoms with Gasteiger partial charge < -0.3 is 4.90 Å². The Morgan fingerprint density at radius 3 is 2.59 bits per heavy atom. The quantitative estimate of drug-likeness (QED) is 0.797. The highest BCUT2D eigenvalue weighted by Crippen LogP contribution is 2.28. The van der Waals surface area contributed by atoms with Crippen LogP contribution in [0.15, 0.2) is 30.3 Å². The van der Waals surface area contributed by atoms with Gasteiger partial charge in [0.1, 0.15) is 0 Å². The predicted octanol–water partition coefficient (Wildman–Crippen LogP) is 1.88. The minimum atomic E-state index is -0.281. The molecule has 4 nitrogen and oxygen atoms in total. The fourth-order valence-corrected chi connectivity index (χ4v) is 3.68. The number of nitrogens with zero attached hydrogens (tertiary/aromatic N) is 2. The lowest BCUT2D eigenvalue weighted by molar-refractivity contribution is -0.144. The molecule has 2 aliphatic rings. The van der Waals surface area contributed by atoms with Crippen LogP contribution in [-0.2, 0) is 16.0 Å². The first kappa shape index (κ1) is 15.2. The third-order valence-corrected chi connectivity index (χ3v) is 5.16. The Morgan fingerprint density at radius 1 is 1.09 bits per heavy atom. The number of carbonyl (C=O) groups is 2. The molecule has 0 radical (unpaired) electrons. The topological polar surface area (TPSA) is 40.6 Å². The van der Waals surface area contributed by atoms with Crippen LogP contribution in [0.5, 0.6) is 0 Å². The highest BCUT2D eigenvalue weighted by Gasteiger charge is 2.36. The average Bonchev–Trinajstić information content (AvgIpc) is 2.78. The number of aryl methyl sites for hydroxylation is 1. The molecule has 0 aromatic heterocycles. The highest BCUT2D eigenvalue weighted by molar-refractivity contribution is 6.36. The maximum absolute atomic E-state index is 12.4. The van der Waals surface area contributed by atoms with Crippen molar-refractivity contribution in [1.82, 2.24) is 9.80 Å². The molecule has 0 spiro atoms. The van der Waals surface area contributed by atoms with Gasteiger partial charge in [-0.25, -0.2) is 0 Å². The summed E-state index contributed by atoms with van der Waals surface area (Å²) in [7, 11) is 2.15. The number of benzene rings is 1. The molecule has 3 rings (SSSR count). The molecule has 2 heterocycles. The number of amides is 1. The van der Waals surface area contributed by atoms with Crippen LogP contribution < -0.4 is 0 Å². The summed E-state index contributed by atoms with van der Waals surface area (Å²) in [4.78, 5) is 28.8. The van der Waals surface area contributed by atoms with E-state index in [1.54, 1.807) is 4.90 Å². The molecule has 2 bridgehead atoms. The Balaban J connectivity index is 1.55. The van der Waals surface area contributed by atoms with Crippen LogP contribution >= 0.6 is 0 Å². The average molecular weight is 300 g/mol. The van der Waals surface area contributed by atoms with Crippen molar-refractivity contribution in [2.45, 2.75) is 44.2 Å². The maximum Gasteiger partial charge on any atom is 0.289 e. The number of hydrogen-bond donors (Lipinski definition) is 0. The maximum atomic E-state index is 12.4. The van der Waals surface area contributed by atoms with E-state index in [0.29, 0.717) is 31.5 Å². The van der Waals surface area contributed by atoms with Crippen molar-refractivity contribution in [1.29, 1.82) is 0 Å². The predicted molar refractivity (Wildman–Crippen MR) is 85.5 cm³/mol. The molecule has 0 N–H and O–H groups in total. The van der Waals surface area contributed by atoms with E-state index in [0.717, 1.165) is 24.9 Å². The Morgan fingerprint density at radius 2 is 1.82 bits per heavy atom. The van der Waals surface area contributed by atoms with Crippen LogP contribution in [-0.4, -0.2) is 53.7 Å². The summed E-state index contributed by atoms with van der Waals surface area (Å²) in [6.45, 7) is 1.43. The third kappa shape index (κ3) is 3.22. The van der Waals surface area contributed by atoms with Gasteiger partial charge in [-0.15, -0.1) is 0 Å². The highest BCUT2D eigenvalue weighted by atomic mass is 16.2. The van der Waals surface area contributed by atoms with Crippen molar-refractivity contribution in [2.24, 2.45) is 0 Å². The standard InChI is InChI=1S/C18H24N2O2/c1-19-15-8-9-16(19)13-20(12-11-15)18(22)17(21)10-7-14-5-3-2-4-6-14/h2-6,15-16H,7-13H2,1H3/t15-,16+/m0/s1. The van der Waals surface area contributed by atoms with Crippen LogP contribution in [0.4, 0.5) is 0 Å². The fraction of sp³-hybridized carbons (Fsp3) is 0.556. The normalized spacial score (nSPS) is 25.0. The van der Waals surface area contributed by atoms with Crippen molar-refractivity contribution in [3.05, 3.63) is 35.9 Å². The number of likely N-dealkylation sites (tertiary alicyclic amines) is 1. The molecule has 118 valence electrons. The number of fused-ring (bicyclic) bond motifs is 2. The Bertz CT molecular complexity index is 543. The molecule has 1 amide bonds. The largest absolute Gasteiger partial charge is 0.334 e. The van der Waals surface area contributed by atoms with Crippen LogP contribution in [0, 0.1) is 0 Å². The molecule has 2 atom stereocenters. The van der Waals surface area contributed by atoms with Crippen molar-refractivity contribution < 1.29 is 9.59 Å². The smallest absolute Gasteiger partial charge is 0.289 e. The van der Waals surface area contributed by atoms with Crippen molar-refractivity contribution in [3.63, 3.8) is 0 Å². The van der Waals surface area contributed by atoms with Gasteiger partial charge >= 0.3 is 0 Å². The summed E-state index contributed by atoms with van der Waals surface area (Å²) in [5.74, 6) is -0.527. The molecule has 2 fully saturated rings. The lowest BCUT2D eigenvalue weighted by Gasteiger charge is -2.25. The molecule has 0 unspecified atom stereocenters. The lowest BCUT2D eigenvalue weighted by Crippen LogP contribution is -2.42. The number of Topliss-reactive ketones (excluding diaryl/α,β-unsaturated/α-hetero) is 1. The third-order valence-electron chi connectivity index (χ3n) is 5.16. The van der Waals surface area contributed by atoms with E-state index in [1.165, 1.54) is 6.42 Å². The van der Waals surface area contributed by atoms with Gasteiger partial charge in [0.2, 0.25) is 5.78 Å². The number of carbonyl (C=O) groups excluding carboxylic acids is 2. The number of rotatable bonds is 4. The molecular formula is C18H24N2O2. The van der Waals surface area contributed by atoms with Gasteiger partial charge in [-0.2, -0.15) is 0 Å². The summed E-state index contributed by atoms with van der Waals surface area (Å²) >= 11 is 0. The summed E-state index contributed by atoms with van der Waals surface area (Å²) in [5.41, 5.74) is 1.11. The van der Waals surface area contributed by atoms with Crippen LogP contribution in [0.25, 0.3) is 0 Å². The van der Waals surface area contributed by atoms with Gasteiger partial charge in [-0.3, -0.25) is 14.5 Å². The minimum Gasteiger partial charge on any atom is -0.334 e. The van der Waals surface area contributed by atoms with Gasteiger partial charge in [0.15, 0.2) is 0 Å². The summed E-state index contributed by atoms with van der Waals surface area (Å²) in [6.07, 6.45) is 4.31. The number of likely N-dealkylation sites (N-methyl/N-ethyl adjacent to an activating group) is 1. The van der Waals surface area contributed by atoms with Crippen molar-refractivity contribution in [2.75, 3.05) is 20.1 Å². The summed E-state index contributed by atoms with van der Waals surface area (Å²) in [5, 5.41) is 0. The molecule has 0 aliphatic carbocycles. The Kier molecular flexibility index (Phi) is 4.57. The number of hydrogen-bond acceptors (Lipinski definition) is 3.